The molecule has 2 aromatic rings. The molecule has 138 valence electrons. The molecule has 3 rings (SSSR count). The van der Waals surface area contributed by atoms with Gasteiger partial charge in [-0.25, -0.2) is 4.79 Å². The molecular weight excluding hydrogens is 398 g/mol. The smallest absolute Gasteiger partial charge is 0.320 e. The molecule has 3 N–H and O–H groups in total. The maximum atomic E-state index is 12.9. The number of nitrogens with one attached hydrogen (secondary N) is 3. The molecule has 0 aliphatic heterocycles. The summed E-state index contributed by atoms with van der Waals surface area (Å²) in [5, 5.41) is 12.8. The molecule has 3 amide bonds. The summed E-state index contributed by atoms with van der Waals surface area (Å²) >= 11 is 3.36. The quantitative estimate of drug-likeness (QED) is 0.707. The third kappa shape index (κ3) is 4.07. The number of anilines is 2. The van der Waals surface area contributed by atoms with Gasteiger partial charge in [0, 0.05) is 23.4 Å². The lowest BCUT2D eigenvalue weighted by molar-refractivity contribution is -0.121. The van der Waals surface area contributed by atoms with E-state index in [-0.39, 0.29) is 11.9 Å². The number of rotatable bonds is 4. The summed E-state index contributed by atoms with van der Waals surface area (Å²) in [5.41, 5.74) is 1.18. The van der Waals surface area contributed by atoms with Crippen molar-refractivity contribution in [2.45, 2.75) is 38.1 Å². The second-order valence-electron chi connectivity index (χ2n) is 6.63. The minimum absolute atomic E-state index is 0.197. The highest BCUT2D eigenvalue weighted by Crippen LogP contribution is 2.31. The lowest BCUT2D eigenvalue weighted by Gasteiger charge is -2.29. The van der Waals surface area contributed by atoms with Crippen molar-refractivity contribution >= 4 is 39.2 Å². The Hall–Kier alpha value is -2.35. The van der Waals surface area contributed by atoms with Gasteiger partial charge >= 0.3 is 6.03 Å². The molecule has 26 heavy (non-hydrogen) atoms. The van der Waals surface area contributed by atoms with E-state index in [2.05, 4.69) is 37.0 Å². The first kappa shape index (κ1) is 18.4. The number of aromatic nitrogens is 2. The summed E-state index contributed by atoms with van der Waals surface area (Å²) < 4.78 is 2.59. The van der Waals surface area contributed by atoms with Crippen molar-refractivity contribution in [2.24, 2.45) is 7.05 Å². The number of hydrogen-bond donors (Lipinski definition) is 3. The highest BCUT2D eigenvalue weighted by molar-refractivity contribution is 9.10. The summed E-state index contributed by atoms with van der Waals surface area (Å²) in [6, 6.07) is 6.90. The number of halogens is 1. The van der Waals surface area contributed by atoms with Crippen LogP contribution in [0, 0.1) is 6.92 Å². The van der Waals surface area contributed by atoms with Crippen molar-refractivity contribution in [1.82, 2.24) is 15.1 Å². The fourth-order valence-corrected chi connectivity index (χ4v) is 3.53. The average Bonchev–Trinajstić information content (AvgIpc) is 3.17. The zero-order chi connectivity index (χ0) is 18.7. The molecule has 1 aliphatic rings. The van der Waals surface area contributed by atoms with Crippen LogP contribution in [0.5, 0.6) is 0 Å². The van der Waals surface area contributed by atoms with Crippen LogP contribution in [0.2, 0.25) is 0 Å². The number of carbonyl (C=O) groups is 2. The predicted molar refractivity (Wildman–Crippen MR) is 104 cm³/mol. The third-order valence-corrected chi connectivity index (χ3v) is 5.14. The normalized spacial score (nSPS) is 15.5. The SMILES string of the molecule is Cc1nn(C)cc1NC(=O)C1(NC(=O)Nc2ccc(Br)cc2)CCCC1. The van der Waals surface area contributed by atoms with E-state index in [1.807, 2.05) is 19.1 Å². The van der Waals surface area contributed by atoms with Crippen molar-refractivity contribution in [3.05, 3.63) is 40.6 Å². The van der Waals surface area contributed by atoms with Crippen LogP contribution in [0.1, 0.15) is 31.4 Å². The highest BCUT2D eigenvalue weighted by Gasteiger charge is 2.42. The zero-order valence-electron chi connectivity index (χ0n) is 14.8. The predicted octanol–water partition coefficient (Wildman–Crippen LogP) is 3.56. The van der Waals surface area contributed by atoms with Gasteiger partial charge in [-0.3, -0.25) is 9.48 Å². The van der Waals surface area contributed by atoms with Gasteiger partial charge in [0.05, 0.1) is 11.4 Å². The molecule has 0 unspecified atom stereocenters. The van der Waals surface area contributed by atoms with Gasteiger partial charge in [-0.2, -0.15) is 5.10 Å². The number of amides is 3. The van der Waals surface area contributed by atoms with E-state index in [1.165, 1.54) is 0 Å². The third-order valence-electron chi connectivity index (χ3n) is 4.61. The Morgan fingerprint density at radius 1 is 1.15 bits per heavy atom. The van der Waals surface area contributed by atoms with Gasteiger partial charge in [-0.05, 0) is 44.0 Å². The molecule has 1 aliphatic carbocycles. The van der Waals surface area contributed by atoms with E-state index in [9.17, 15) is 9.59 Å². The first-order valence-corrected chi connectivity index (χ1v) is 9.34. The monoisotopic (exact) mass is 419 g/mol. The van der Waals surface area contributed by atoms with Crippen LogP contribution in [-0.4, -0.2) is 27.3 Å². The Bertz CT molecular complexity index is 809. The van der Waals surface area contributed by atoms with Gasteiger partial charge in [0.15, 0.2) is 0 Å². The molecule has 0 radical (unpaired) electrons. The first-order chi connectivity index (χ1) is 12.4. The van der Waals surface area contributed by atoms with Crippen LogP contribution < -0.4 is 16.0 Å². The largest absolute Gasteiger partial charge is 0.323 e. The van der Waals surface area contributed by atoms with Crippen molar-refractivity contribution < 1.29 is 9.59 Å². The molecule has 1 aromatic carbocycles. The number of hydrogen-bond acceptors (Lipinski definition) is 3. The van der Waals surface area contributed by atoms with Crippen LogP contribution in [0.4, 0.5) is 16.2 Å². The van der Waals surface area contributed by atoms with E-state index >= 15 is 0 Å². The Balaban J connectivity index is 1.70. The average molecular weight is 420 g/mol. The van der Waals surface area contributed by atoms with Gasteiger partial charge in [0.25, 0.3) is 0 Å². The van der Waals surface area contributed by atoms with Crippen LogP contribution in [0.3, 0.4) is 0 Å². The summed E-state index contributed by atoms with van der Waals surface area (Å²) in [5.74, 6) is -0.197. The second kappa shape index (κ2) is 7.49. The molecule has 1 saturated carbocycles. The molecular formula is C18H22BrN5O2. The molecule has 0 saturated heterocycles. The summed E-state index contributed by atoms with van der Waals surface area (Å²) in [7, 11) is 1.80. The number of aryl methyl sites for hydroxylation is 2. The topological polar surface area (TPSA) is 88.1 Å². The maximum absolute atomic E-state index is 12.9. The van der Waals surface area contributed by atoms with Crippen LogP contribution in [0.15, 0.2) is 34.9 Å². The second-order valence-corrected chi connectivity index (χ2v) is 7.55. The fourth-order valence-electron chi connectivity index (χ4n) is 3.26. The molecule has 0 atom stereocenters. The van der Waals surface area contributed by atoms with Gasteiger partial charge in [-0.15, -0.1) is 0 Å². The van der Waals surface area contributed by atoms with Gasteiger partial charge in [0.1, 0.15) is 5.54 Å². The van der Waals surface area contributed by atoms with Gasteiger partial charge in [-0.1, -0.05) is 28.8 Å². The van der Waals surface area contributed by atoms with Crippen LogP contribution in [-0.2, 0) is 11.8 Å². The van der Waals surface area contributed by atoms with E-state index in [4.69, 9.17) is 0 Å². The fraction of sp³-hybridized carbons (Fsp3) is 0.389. The Morgan fingerprint density at radius 2 is 1.81 bits per heavy atom. The van der Waals surface area contributed by atoms with Crippen molar-refractivity contribution in [3.8, 4) is 0 Å². The molecule has 1 aromatic heterocycles. The van der Waals surface area contributed by atoms with Crippen molar-refractivity contribution in [2.75, 3.05) is 10.6 Å². The summed E-state index contributed by atoms with van der Waals surface area (Å²) in [4.78, 5) is 25.4. The van der Waals surface area contributed by atoms with Gasteiger partial charge in [0.2, 0.25) is 5.91 Å². The Kier molecular flexibility index (Phi) is 5.31. The standard InChI is InChI=1S/C18H22BrN5O2/c1-12-15(11-24(2)23-12)21-16(25)18(9-3-4-10-18)22-17(26)20-14-7-5-13(19)6-8-14/h5-8,11H,3-4,9-10H2,1-2H3,(H,21,25)(H2,20,22,26). The molecule has 8 heteroatoms. The number of urea groups is 1. The minimum atomic E-state index is -0.901. The molecule has 1 heterocycles. The van der Waals surface area contributed by atoms with Crippen LogP contribution >= 0.6 is 15.9 Å². The summed E-state index contributed by atoms with van der Waals surface area (Å²) in [6.07, 6.45) is 4.80. The van der Waals surface area contributed by atoms with E-state index in [1.54, 1.807) is 30.1 Å². The van der Waals surface area contributed by atoms with Crippen molar-refractivity contribution in [1.29, 1.82) is 0 Å². The Labute approximate surface area is 160 Å². The summed E-state index contributed by atoms with van der Waals surface area (Å²) in [6.45, 7) is 1.84. The first-order valence-electron chi connectivity index (χ1n) is 8.54. The lowest BCUT2D eigenvalue weighted by atomic mass is 9.96. The molecule has 7 nitrogen and oxygen atoms in total. The molecule has 0 spiro atoms. The van der Waals surface area contributed by atoms with Crippen LogP contribution in [0.25, 0.3) is 0 Å². The number of nitrogens with zero attached hydrogens (tertiary/aromatic N) is 2. The van der Waals surface area contributed by atoms with E-state index in [0.717, 1.165) is 23.0 Å². The number of carbonyl (C=O) groups excluding carboxylic acids is 2. The minimum Gasteiger partial charge on any atom is -0.323 e. The molecule has 0 bridgehead atoms. The molecule has 1 fully saturated rings. The maximum Gasteiger partial charge on any atom is 0.320 e. The van der Waals surface area contributed by atoms with Crippen molar-refractivity contribution in [3.63, 3.8) is 0 Å². The highest BCUT2D eigenvalue weighted by atomic mass is 79.9. The van der Waals surface area contributed by atoms with E-state index in [0.29, 0.717) is 24.2 Å². The zero-order valence-corrected chi connectivity index (χ0v) is 16.4. The Morgan fingerprint density at radius 3 is 2.38 bits per heavy atom. The lowest BCUT2D eigenvalue weighted by Crippen LogP contribution is -2.56. The van der Waals surface area contributed by atoms with Gasteiger partial charge < -0.3 is 16.0 Å². The number of benzene rings is 1. The van der Waals surface area contributed by atoms with E-state index < -0.39 is 5.54 Å².